The molecule has 3 atom stereocenters. The Hall–Kier alpha value is -2.11. The van der Waals surface area contributed by atoms with E-state index in [1.807, 2.05) is 13.8 Å². The molecule has 2 amide bonds. The number of nitrogens with zero attached hydrogens (tertiary/aromatic N) is 2. The lowest BCUT2D eigenvalue weighted by Crippen LogP contribution is -2.50. The third-order valence-corrected chi connectivity index (χ3v) is 3.68. The van der Waals surface area contributed by atoms with E-state index in [4.69, 9.17) is 5.11 Å². The number of hydrogen-bond donors (Lipinski definition) is 2. The normalized spacial score (nSPS) is 25.6. The molecule has 6 nitrogen and oxygen atoms in total. The van der Waals surface area contributed by atoms with Crippen molar-refractivity contribution in [1.29, 1.82) is 0 Å². The maximum absolute atomic E-state index is 11.8. The lowest BCUT2D eigenvalue weighted by molar-refractivity contribution is -0.117. The van der Waals surface area contributed by atoms with Gasteiger partial charge < -0.3 is 15.3 Å². The Morgan fingerprint density at radius 1 is 1.42 bits per heavy atom. The second-order valence-electron chi connectivity index (χ2n) is 4.82. The number of nitrogens with one attached hydrogen (secondary N) is 1. The van der Waals surface area contributed by atoms with Gasteiger partial charge in [-0.2, -0.15) is 0 Å². The van der Waals surface area contributed by atoms with Crippen LogP contribution in [0.1, 0.15) is 32.5 Å². The summed E-state index contributed by atoms with van der Waals surface area (Å²) in [5.41, 5.74) is 1.28. The summed E-state index contributed by atoms with van der Waals surface area (Å²) in [6.07, 6.45) is 0.521. The van der Waals surface area contributed by atoms with Crippen LogP contribution >= 0.6 is 0 Å². The summed E-state index contributed by atoms with van der Waals surface area (Å²) in [6.45, 7) is 5.34. The molecule has 102 valence electrons. The number of anilines is 1. The molecular weight excluding hydrogens is 246 g/mol. The zero-order valence-electron chi connectivity index (χ0n) is 11.1. The molecule has 0 bridgehead atoms. The van der Waals surface area contributed by atoms with Crippen LogP contribution in [0.2, 0.25) is 0 Å². The van der Waals surface area contributed by atoms with Crippen molar-refractivity contribution in [1.82, 2.24) is 10.3 Å². The molecule has 0 saturated heterocycles. The van der Waals surface area contributed by atoms with E-state index in [2.05, 4.69) is 10.3 Å². The van der Waals surface area contributed by atoms with E-state index in [1.54, 1.807) is 23.2 Å². The van der Waals surface area contributed by atoms with Crippen molar-refractivity contribution < 1.29 is 14.7 Å². The Morgan fingerprint density at radius 3 is 2.68 bits per heavy atom. The monoisotopic (exact) mass is 263 g/mol. The second-order valence-corrected chi connectivity index (χ2v) is 4.82. The zero-order valence-corrected chi connectivity index (χ0v) is 11.1. The fraction of sp³-hybridized carbons (Fsp3) is 0.462. The number of aromatic nitrogens is 1. The smallest absolute Gasteiger partial charge is 0.405 e. The number of fused-ring (bicyclic) bond motifs is 1. The summed E-state index contributed by atoms with van der Waals surface area (Å²) in [6, 6.07) is 3.04. The van der Waals surface area contributed by atoms with Crippen LogP contribution in [-0.4, -0.2) is 28.1 Å². The van der Waals surface area contributed by atoms with Crippen LogP contribution < -0.4 is 10.2 Å². The molecule has 0 aromatic carbocycles. The van der Waals surface area contributed by atoms with E-state index in [9.17, 15) is 9.59 Å². The van der Waals surface area contributed by atoms with Crippen molar-refractivity contribution >= 4 is 17.7 Å². The molecule has 0 radical (unpaired) electrons. The predicted octanol–water partition coefficient (Wildman–Crippen LogP) is 1.78. The lowest BCUT2D eigenvalue weighted by atomic mass is 9.85. The van der Waals surface area contributed by atoms with Gasteiger partial charge in [-0.1, -0.05) is 6.92 Å². The van der Waals surface area contributed by atoms with Crippen LogP contribution in [0.4, 0.5) is 10.5 Å². The van der Waals surface area contributed by atoms with Crippen LogP contribution in [0.15, 0.2) is 18.3 Å². The van der Waals surface area contributed by atoms with E-state index in [-0.39, 0.29) is 17.9 Å². The van der Waals surface area contributed by atoms with E-state index in [0.29, 0.717) is 11.4 Å². The van der Waals surface area contributed by atoms with Gasteiger partial charge in [0, 0.05) is 25.1 Å². The van der Waals surface area contributed by atoms with Crippen LogP contribution in [-0.2, 0) is 4.79 Å². The van der Waals surface area contributed by atoms with Gasteiger partial charge in [-0.05, 0) is 19.1 Å². The van der Waals surface area contributed by atoms with Crippen molar-refractivity contribution in [2.24, 2.45) is 5.92 Å². The first-order chi connectivity index (χ1) is 8.93. The number of amides is 2. The van der Waals surface area contributed by atoms with Crippen molar-refractivity contribution in [2.75, 3.05) is 4.90 Å². The Morgan fingerprint density at radius 2 is 2.11 bits per heavy atom. The third-order valence-electron chi connectivity index (χ3n) is 3.68. The molecule has 1 aliphatic rings. The maximum atomic E-state index is 11.8. The quantitative estimate of drug-likeness (QED) is 0.809. The SMILES string of the molecule is CC(=O)N1c2cccnc2[C@H](NC(=O)O)[C@@H](C)[C@@H]1C. The molecule has 2 heterocycles. The minimum Gasteiger partial charge on any atom is -0.465 e. The Labute approximate surface area is 111 Å². The molecular formula is C13H17N3O3. The number of carbonyl (C=O) groups excluding carboxylic acids is 1. The van der Waals surface area contributed by atoms with Gasteiger partial charge in [0.15, 0.2) is 0 Å². The van der Waals surface area contributed by atoms with Gasteiger partial charge >= 0.3 is 6.09 Å². The van der Waals surface area contributed by atoms with Gasteiger partial charge in [-0.25, -0.2) is 4.79 Å². The molecule has 1 aromatic rings. The molecule has 6 heteroatoms. The Balaban J connectivity index is 2.52. The van der Waals surface area contributed by atoms with E-state index in [1.165, 1.54) is 6.92 Å². The highest BCUT2D eigenvalue weighted by atomic mass is 16.4. The molecule has 19 heavy (non-hydrogen) atoms. The summed E-state index contributed by atoms with van der Waals surface area (Å²) in [4.78, 5) is 28.7. The van der Waals surface area contributed by atoms with Gasteiger partial charge in [0.2, 0.25) is 5.91 Å². The van der Waals surface area contributed by atoms with E-state index < -0.39 is 12.1 Å². The molecule has 1 aromatic heterocycles. The first-order valence-corrected chi connectivity index (χ1v) is 6.17. The minimum absolute atomic E-state index is 0.0533. The van der Waals surface area contributed by atoms with Crippen LogP contribution in [0.5, 0.6) is 0 Å². The van der Waals surface area contributed by atoms with Crippen molar-refractivity contribution in [3.8, 4) is 0 Å². The average molecular weight is 263 g/mol. The lowest BCUT2D eigenvalue weighted by Gasteiger charge is -2.42. The molecule has 2 rings (SSSR count). The number of rotatable bonds is 1. The molecule has 0 saturated carbocycles. The van der Waals surface area contributed by atoms with E-state index >= 15 is 0 Å². The highest BCUT2D eigenvalue weighted by Gasteiger charge is 2.39. The first-order valence-electron chi connectivity index (χ1n) is 6.17. The fourth-order valence-corrected chi connectivity index (χ4v) is 2.62. The van der Waals surface area contributed by atoms with Crippen molar-refractivity contribution in [3.05, 3.63) is 24.0 Å². The number of carboxylic acid groups (broad SMARTS) is 1. The van der Waals surface area contributed by atoms with Gasteiger partial charge in [0.1, 0.15) is 0 Å². The molecule has 0 unspecified atom stereocenters. The average Bonchev–Trinajstić information content (AvgIpc) is 2.34. The number of carbonyl (C=O) groups is 2. The first kappa shape index (κ1) is 13.3. The number of pyridine rings is 1. The predicted molar refractivity (Wildman–Crippen MR) is 69.9 cm³/mol. The zero-order chi connectivity index (χ0) is 14.2. The topological polar surface area (TPSA) is 82.5 Å². The van der Waals surface area contributed by atoms with Gasteiger partial charge in [-0.15, -0.1) is 0 Å². The summed E-state index contributed by atoms with van der Waals surface area (Å²) in [5.74, 6) is -0.121. The Bertz CT molecular complexity index is 518. The summed E-state index contributed by atoms with van der Waals surface area (Å²) in [7, 11) is 0. The van der Waals surface area contributed by atoms with Gasteiger partial charge in [0.25, 0.3) is 0 Å². The second kappa shape index (κ2) is 4.87. The highest BCUT2D eigenvalue weighted by Crippen LogP contribution is 2.39. The van der Waals surface area contributed by atoms with Crippen LogP contribution in [0.3, 0.4) is 0 Å². The van der Waals surface area contributed by atoms with Gasteiger partial charge in [-0.3, -0.25) is 9.78 Å². The molecule has 2 N–H and O–H groups in total. The van der Waals surface area contributed by atoms with Crippen molar-refractivity contribution in [2.45, 2.75) is 32.9 Å². The fourth-order valence-electron chi connectivity index (χ4n) is 2.62. The van der Waals surface area contributed by atoms with Crippen molar-refractivity contribution in [3.63, 3.8) is 0 Å². The maximum Gasteiger partial charge on any atom is 0.405 e. The third kappa shape index (κ3) is 2.25. The van der Waals surface area contributed by atoms with Crippen LogP contribution in [0, 0.1) is 5.92 Å². The molecule has 0 fully saturated rings. The molecule has 0 spiro atoms. The summed E-state index contributed by atoms with van der Waals surface area (Å²) >= 11 is 0. The number of hydrogen-bond acceptors (Lipinski definition) is 3. The minimum atomic E-state index is -1.09. The Kier molecular flexibility index (Phi) is 3.42. The molecule has 0 aliphatic carbocycles. The summed E-state index contributed by atoms with van der Waals surface area (Å²) in [5, 5.41) is 11.4. The molecule has 1 aliphatic heterocycles. The van der Waals surface area contributed by atoms with E-state index in [0.717, 1.165) is 0 Å². The highest BCUT2D eigenvalue weighted by molar-refractivity contribution is 5.93. The van der Waals surface area contributed by atoms with Crippen LogP contribution in [0.25, 0.3) is 0 Å². The van der Waals surface area contributed by atoms with Gasteiger partial charge in [0.05, 0.1) is 17.4 Å². The standard InChI is InChI=1S/C13H17N3O3/c1-7-8(2)16(9(3)17)10-5-4-6-14-12(10)11(7)15-13(18)19/h4-8,11,15H,1-3H3,(H,18,19)/t7-,8-,11+/m0/s1. The largest absolute Gasteiger partial charge is 0.465 e. The summed E-state index contributed by atoms with van der Waals surface area (Å²) < 4.78 is 0.